The molecule has 2 aromatic carbocycles. The van der Waals surface area contributed by atoms with Gasteiger partial charge in [0, 0.05) is 25.2 Å². The van der Waals surface area contributed by atoms with E-state index in [0.717, 1.165) is 31.6 Å². The van der Waals surface area contributed by atoms with Crippen LogP contribution in [-0.4, -0.2) is 25.5 Å². The minimum atomic E-state index is 0.175. The smallest absolute Gasteiger partial charge is 0.228 e. The fraction of sp³-hybridized carbons (Fsp3) is 0.350. The van der Waals surface area contributed by atoms with E-state index in [1.807, 2.05) is 48.2 Å². The summed E-state index contributed by atoms with van der Waals surface area (Å²) < 4.78 is 0. The first-order valence-corrected chi connectivity index (χ1v) is 8.41. The molecule has 1 amide bonds. The average molecular weight is 310 g/mol. The van der Waals surface area contributed by atoms with Crippen LogP contribution in [0.3, 0.4) is 0 Å². The summed E-state index contributed by atoms with van der Waals surface area (Å²) in [5.74, 6) is 0.175. The molecule has 0 unspecified atom stereocenters. The number of amides is 1. The van der Waals surface area contributed by atoms with Crippen LogP contribution in [0.25, 0.3) is 0 Å². The van der Waals surface area contributed by atoms with Crippen LogP contribution in [0.5, 0.6) is 0 Å². The molecule has 0 aliphatic rings. The lowest BCUT2D eigenvalue weighted by Crippen LogP contribution is -2.33. The Bertz CT molecular complexity index is 569. The van der Waals surface area contributed by atoms with Gasteiger partial charge in [-0.3, -0.25) is 4.79 Å². The summed E-state index contributed by atoms with van der Waals surface area (Å²) >= 11 is 0. The lowest BCUT2D eigenvalue weighted by Gasteiger charge is -2.21. The highest BCUT2D eigenvalue weighted by Gasteiger charge is 2.12. The quantitative estimate of drug-likeness (QED) is 0.717. The van der Waals surface area contributed by atoms with Gasteiger partial charge in [0.25, 0.3) is 0 Å². The molecule has 122 valence electrons. The molecule has 3 nitrogen and oxygen atoms in total. The molecule has 2 rings (SSSR count). The number of aryl methyl sites for hydroxylation is 1. The Labute approximate surface area is 139 Å². The van der Waals surface area contributed by atoms with Crippen molar-refractivity contribution in [3.63, 3.8) is 0 Å². The zero-order valence-corrected chi connectivity index (χ0v) is 13.9. The second kappa shape index (κ2) is 9.80. The number of rotatable bonds is 9. The highest BCUT2D eigenvalue weighted by atomic mass is 16.2. The van der Waals surface area contributed by atoms with Gasteiger partial charge in [-0.1, -0.05) is 48.5 Å². The maximum atomic E-state index is 12.3. The summed E-state index contributed by atoms with van der Waals surface area (Å²) in [6.45, 7) is 4.39. The van der Waals surface area contributed by atoms with Crippen molar-refractivity contribution >= 4 is 11.6 Å². The topological polar surface area (TPSA) is 32.3 Å². The molecule has 23 heavy (non-hydrogen) atoms. The van der Waals surface area contributed by atoms with Gasteiger partial charge >= 0.3 is 0 Å². The Balaban J connectivity index is 1.64. The summed E-state index contributed by atoms with van der Waals surface area (Å²) in [5, 5.41) is 3.37. The van der Waals surface area contributed by atoms with Crippen molar-refractivity contribution in [1.29, 1.82) is 0 Å². The van der Waals surface area contributed by atoms with E-state index >= 15 is 0 Å². The zero-order valence-electron chi connectivity index (χ0n) is 13.9. The number of carbonyl (C=O) groups excluding carboxylic acids is 1. The number of para-hydroxylation sites is 1. The molecule has 2 aromatic rings. The molecule has 3 heteroatoms. The van der Waals surface area contributed by atoms with Crippen LogP contribution in [0.15, 0.2) is 60.7 Å². The number of benzene rings is 2. The Morgan fingerprint density at radius 3 is 2.26 bits per heavy atom. The average Bonchev–Trinajstić information content (AvgIpc) is 2.60. The molecule has 0 radical (unpaired) electrons. The third kappa shape index (κ3) is 5.87. The summed E-state index contributed by atoms with van der Waals surface area (Å²) in [6, 6.07) is 20.4. The molecular weight excluding hydrogens is 284 g/mol. The SMILES string of the molecule is CCN(C(=O)CCNCCCc1ccccc1)c1ccccc1. The Morgan fingerprint density at radius 2 is 1.61 bits per heavy atom. The minimum absolute atomic E-state index is 0.175. The lowest BCUT2D eigenvalue weighted by atomic mass is 10.1. The van der Waals surface area contributed by atoms with Crippen molar-refractivity contribution in [2.24, 2.45) is 0 Å². The van der Waals surface area contributed by atoms with Crippen LogP contribution >= 0.6 is 0 Å². The van der Waals surface area contributed by atoms with Crippen molar-refractivity contribution in [2.45, 2.75) is 26.2 Å². The van der Waals surface area contributed by atoms with Crippen LogP contribution in [0.4, 0.5) is 5.69 Å². The third-order valence-electron chi connectivity index (χ3n) is 3.86. The van der Waals surface area contributed by atoms with E-state index < -0.39 is 0 Å². The second-order valence-corrected chi connectivity index (χ2v) is 5.56. The first-order valence-electron chi connectivity index (χ1n) is 8.41. The highest BCUT2D eigenvalue weighted by molar-refractivity contribution is 5.93. The number of hydrogen-bond acceptors (Lipinski definition) is 2. The fourth-order valence-corrected chi connectivity index (χ4v) is 2.63. The van der Waals surface area contributed by atoms with Crippen molar-refractivity contribution < 1.29 is 4.79 Å². The number of hydrogen-bond donors (Lipinski definition) is 1. The summed E-state index contributed by atoms with van der Waals surface area (Å²) in [5.41, 5.74) is 2.34. The molecule has 0 aliphatic carbocycles. The molecular formula is C20H26N2O. The molecule has 0 saturated carbocycles. The third-order valence-corrected chi connectivity index (χ3v) is 3.86. The van der Waals surface area contributed by atoms with E-state index in [2.05, 4.69) is 29.6 Å². The predicted molar refractivity (Wildman–Crippen MR) is 96.7 cm³/mol. The van der Waals surface area contributed by atoms with Gasteiger partial charge in [0.05, 0.1) is 0 Å². The second-order valence-electron chi connectivity index (χ2n) is 5.56. The molecule has 0 aromatic heterocycles. The van der Waals surface area contributed by atoms with Gasteiger partial charge in [-0.25, -0.2) is 0 Å². The Morgan fingerprint density at radius 1 is 0.957 bits per heavy atom. The van der Waals surface area contributed by atoms with E-state index in [1.165, 1.54) is 5.56 Å². The molecule has 0 aliphatic heterocycles. The number of nitrogens with one attached hydrogen (secondary N) is 1. The van der Waals surface area contributed by atoms with Crippen molar-refractivity contribution in [1.82, 2.24) is 5.32 Å². The zero-order chi connectivity index (χ0) is 16.3. The van der Waals surface area contributed by atoms with Gasteiger partial charge in [0.1, 0.15) is 0 Å². The van der Waals surface area contributed by atoms with Crippen molar-refractivity contribution in [3.8, 4) is 0 Å². The van der Waals surface area contributed by atoms with Crippen LogP contribution in [0.2, 0.25) is 0 Å². The summed E-state index contributed by atoms with van der Waals surface area (Å²) in [6.07, 6.45) is 2.70. The van der Waals surface area contributed by atoms with E-state index in [1.54, 1.807) is 0 Å². The fourth-order valence-electron chi connectivity index (χ4n) is 2.63. The standard InChI is InChI=1S/C20H26N2O/c1-2-22(19-13-7-4-8-14-19)20(23)15-17-21-16-9-12-18-10-5-3-6-11-18/h3-8,10-11,13-14,21H,2,9,12,15-17H2,1H3. The van der Waals surface area contributed by atoms with Crippen LogP contribution in [-0.2, 0) is 11.2 Å². The largest absolute Gasteiger partial charge is 0.316 e. The molecule has 0 atom stereocenters. The molecule has 0 fully saturated rings. The van der Waals surface area contributed by atoms with Crippen LogP contribution in [0.1, 0.15) is 25.3 Å². The van der Waals surface area contributed by atoms with Gasteiger partial charge in [0.15, 0.2) is 0 Å². The van der Waals surface area contributed by atoms with Gasteiger partial charge in [-0.15, -0.1) is 0 Å². The molecule has 0 saturated heterocycles. The molecule has 1 N–H and O–H groups in total. The van der Waals surface area contributed by atoms with Gasteiger partial charge in [-0.05, 0) is 44.0 Å². The maximum Gasteiger partial charge on any atom is 0.228 e. The van der Waals surface area contributed by atoms with E-state index in [9.17, 15) is 4.79 Å². The number of anilines is 1. The highest BCUT2D eigenvalue weighted by Crippen LogP contribution is 2.13. The molecule has 0 heterocycles. The number of nitrogens with zero attached hydrogens (tertiary/aromatic N) is 1. The van der Waals surface area contributed by atoms with Gasteiger partial charge < -0.3 is 10.2 Å². The van der Waals surface area contributed by atoms with Gasteiger partial charge in [0.2, 0.25) is 5.91 Å². The Kier molecular flexibility index (Phi) is 7.34. The van der Waals surface area contributed by atoms with Crippen LogP contribution in [0, 0.1) is 0 Å². The van der Waals surface area contributed by atoms with E-state index in [0.29, 0.717) is 13.0 Å². The summed E-state index contributed by atoms with van der Waals surface area (Å²) in [7, 11) is 0. The first kappa shape index (κ1) is 17.2. The molecule has 0 spiro atoms. The van der Waals surface area contributed by atoms with E-state index in [-0.39, 0.29) is 5.91 Å². The van der Waals surface area contributed by atoms with Crippen molar-refractivity contribution in [3.05, 3.63) is 66.2 Å². The van der Waals surface area contributed by atoms with E-state index in [4.69, 9.17) is 0 Å². The monoisotopic (exact) mass is 310 g/mol. The Hall–Kier alpha value is -2.13. The lowest BCUT2D eigenvalue weighted by molar-refractivity contribution is -0.118. The summed E-state index contributed by atoms with van der Waals surface area (Å²) in [4.78, 5) is 14.2. The minimum Gasteiger partial charge on any atom is -0.316 e. The maximum absolute atomic E-state index is 12.3. The van der Waals surface area contributed by atoms with Crippen molar-refractivity contribution in [2.75, 3.05) is 24.5 Å². The number of carbonyl (C=O) groups is 1. The normalized spacial score (nSPS) is 10.5. The van der Waals surface area contributed by atoms with Crippen LogP contribution < -0.4 is 10.2 Å². The predicted octanol–water partition coefficient (Wildman–Crippen LogP) is 3.65. The first-order chi connectivity index (χ1) is 11.3. The van der Waals surface area contributed by atoms with Gasteiger partial charge in [-0.2, -0.15) is 0 Å². The molecule has 0 bridgehead atoms.